The van der Waals surface area contributed by atoms with Crippen LogP contribution in [0.4, 0.5) is 0 Å². The van der Waals surface area contributed by atoms with E-state index in [1.807, 2.05) is 36.4 Å². The molecule has 0 radical (unpaired) electrons. The van der Waals surface area contributed by atoms with E-state index in [0.29, 0.717) is 50.8 Å². The van der Waals surface area contributed by atoms with Crippen LogP contribution in [0.2, 0.25) is 10.0 Å². The van der Waals surface area contributed by atoms with Crippen molar-refractivity contribution in [2.45, 2.75) is 74.9 Å². The predicted octanol–water partition coefficient (Wildman–Crippen LogP) is 8.03. The van der Waals surface area contributed by atoms with Gasteiger partial charge < -0.3 is 14.6 Å². The number of ketones is 1. The molecule has 2 aliphatic carbocycles. The van der Waals surface area contributed by atoms with Crippen molar-refractivity contribution in [2.24, 2.45) is 23.5 Å². The van der Waals surface area contributed by atoms with Crippen molar-refractivity contribution < 1.29 is 23.2 Å². The first kappa shape index (κ1) is 35.2. The molecule has 2 atom stereocenters. The van der Waals surface area contributed by atoms with Gasteiger partial charge in [-0.3, -0.25) is 14.6 Å². The lowest BCUT2D eigenvalue weighted by molar-refractivity contribution is -0.191. The minimum atomic E-state index is 0. The van der Waals surface area contributed by atoms with Crippen LogP contribution in [-0.2, 0) is 9.59 Å². The molecular formula is C37H42Cl3N3O5. The number of rotatable bonds is 3. The van der Waals surface area contributed by atoms with Crippen LogP contribution in [0.5, 0.6) is 0 Å². The van der Waals surface area contributed by atoms with E-state index in [1.165, 1.54) is 77.5 Å². The van der Waals surface area contributed by atoms with E-state index in [9.17, 15) is 4.79 Å². The Hall–Kier alpha value is -2.68. The highest BCUT2D eigenvalue weighted by atomic mass is 35.5. The first-order valence-corrected chi connectivity index (χ1v) is 17.6. The molecule has 256 valence electrons. The van der Waals surface area contributed by atoms with Crippen molar-refractivity contribution in [2.75, 3.05) is 26.2 Å². The Kier molecular flexibility index (Phi) is 10.5. The number of Topliss-reactive ketones (excluding diaryl/α,β-unsaturated/α-hetero) is 1. The van der Waals surface area contributed by atoms with E-state index >= 15 is 0 Å². The van der Waals surface area contributed by atoms with Gasteiger partial charge in [0.15, 0.2) is 11.5 Å². The van der Waals surface area contributed by atoms with Gasteiger partial charge in [-0.05, 0) is 138 Å². The summed E-state index contributed by atoms with van der Waals surface area (Å²) in [5.41, 5.74) is 8.63. The van der Waals surface area contributed by atoms with E-state index in [2.05, 4.69) is 9.80 Å². The molecule has 2 aromatic carbocycles. The van der Waals surface area contributed by atoms with Crippen LogP contribution in [0.15, 0.2) is 63.6 Å². The molecular weight excluding hydrogens is 673 g/mol. The number of halogens is 3. The Morgan fingerprint density at radius 2 is 1.33 bits per heavy atom. The highest BCUT2D eigenvalue weighted by Gasteiger charge is 2.60. The molecule has 0 amide bonds. The van der Waals surface area contributed by atoms with Crippen LogP contribution < -0.4 is 5.73 Å². The normalized spacial score (nSPS) is 29.0. The summed E-state index contributed by atoms with van der Waals surface area (Å²) >= 11 is 11.7. The van der Waals surface area contributed by atoms with Crippen molar-refractivity contribution in [3.8, 4) is 0 Å². The summed E-state index contributed by atoms with van der Waals surface area (Å²) < 4.78 is 10.9. The molecule has 6 saturated heterocycles. The lowest BCUT2D eigenvalue weighted by atomic mass is 9.70. The molecule has 8 nitrogen and oxygen atoms in total. The second-order valence-electron chi connectivity index (χ2n) is 14.1. The smallest absolute Gasteiger partial charge is 0.373 e. The van der Waals surface area contributed by atoms with Crippen molar-refractivity contribution in [1.29, 1.82) is 0 Å². The molecule has 2 N–H and O–H groups in total. The highest BCUT2D eigenvalue weighted by Crippen LogP contribution is 2.58. The third kappa shape index (κ3) is 6.74. The molecule has 4 bridgehead atoms. The first-order chi connectivity index (χ1) is 22.8. The maximum absolute atomic E-state index is 12.8. The second kappa shape index (κ2) is 14.3. The molecule has 8 heterocycles. The molecule has 2 saturated carbocycles. The first-order valence-electron chi connectivity index (χ1n) is 16.9. The van der Waals surface area contributed by atoms with Crippen LogP contribution in [0.3, 0.4) is 0 Å². The quantitative estimate of drug-likeness (QED) is 0.213. The van der Waals surface area contributed by atoms with Gasteiger partial charge in [-0.1, -0.05) is 23.2 Å². The van der Waals surface area contributed by atoms with Gasteiger partial charge in [0.2, 0.25) is 0 Å². The summed E-state index contributed by atoms with van der Waals surface area (Å²) in [6.45, 7) is 5.13. The number of nitrogens with zero attached hydrogens (tertiary/aromatic N) is 2. The standard InChI is InChI=1S/C19H20ClNO2.C9H16N2.C8H5ClO.CO2.ClH/c20-14-2-1-13-9-18(23-17(13)10-14)16(22)11-15-12-3-7-21(8-4-12)19(15)5-6-19;10-8-7-1-5-11(6-2-7)9(8)3-4-9;9-7-2-1-6-3-4-10-8(6)5-7;2-1-3;/h1-2,9-10,12,15H,3-8,11H2;7-8H,1-6,10H2;1-5H;;1H/t15-;8-;;;/m11.../s1. The summed E-state index contributed by atoms with van der Waals surface area (Å²) in [6.07, 6.45) is 13.1. The average molecular weight is 715 g/mol. The van der Waals surface area contributed by atoms with Crippen LogP contribution in [-0.4, -0.2) is 65.0 Å². The summed E-state index contributed by atoms with van der Waals surface area (Å²) in [4.78, 5) is 34.4. The lowest BCUT2D eigenvalue weighted by Crippen LogP contribution is -2.63. The molecule has 11 heteroatoms. The topological polar surface area (TPSA) is 110 Å². The maximum atomic E-state index is 12.8. The number of fused-ring (bicyclic) bond motifs is 6. The van der Waals surface area contributed by atoms with Gasteiger partial charge in [-0.2, -0.15) is 9.59 Å². The number of hydrogen-bond donors (Lipinski definition) is 1. The van der Waals surface area contributed by atoms with E-state index in [-0.39, 0.29) is 24.3 Å². The summed E-state index contributed by atoms with van der Waals surface area (Å²) in [6, 6.07) is 15.4. The summed E-state index contributed by atoms with van der Waals surface area (Å²) in [5.74, 6) is 2.76. The Balaban J connectivity index is 0.000000134. The Morgan fingerprint density at radius 3 is 1.90 bits per heavy atom. The van der Waals surface area contributed by atoms with Gasteiger partial charge in [0.05, 0.1) is 6.26 Å². The zero-order valence-electron chi connectivity index (χ0n) is 26.9. The van der Waals surface area contributed by atoms with Gasteiger partial charge in [-0.15, -0.1) is 12.4 Å². The Bertz CT molecular complexity index is 1770. The van der Waals surface area contributed by atoms with Crippen molar-refractivity contribution in [3.05, 3.63) is 70.6 Å². The fourth-order valence-corrected chi connectivity index (χ4v) is 9.42. The van der Waals surface area contributed by atoms with Crippen molar-refractivity contribution in [1.82, 2.24) is 9.80 Å². The fraction of sp³-hybridized carbons (Fsp3) is 0.514. The average Bonchev–Trinajstić information content (AvgIpc) is 3.96. The zero-order valence-corrected chi connectivity index (χ0v) is 29.2. The minimum Gasteiger partial charge on any atom is -0.464 e. The highest BCUT2D eigenvalue weighted by molar-refractivity contribution is 6.31. The number of benzene rings is 2. The SMILES string of the molecule is Cl.Clc1ccc2ccoc2c1.N[C@@H]1C2CCN(CC2)C12CC2.O=C(C[C@@H]1C2CCN(CC2)C12CC2)c1cc2ccc(Cl)cc2o1.O=C=O. The van der Waals surface area contributed by atoms with Gasteiger partial charge in [0.25, 0.3) is 0 Å². The van der Waals surface area contributed by atoms with E-state index < -0.39 is 0 Å². The third-order valence-corrected chi connectivity index (χ3v) is 12.3. The fourth-order valence-electron chi connectivity index (χ4n) is 9.09. The monoisotopic (exact) mass is 713 g/mol. The molecule has 6 aliphatic heterocycles. The molecule has 4 aromatic rings. The molecule has 12 rings (SSSR count). The number of piperidine rings is 6. The lowest BCUT2D eigenvalue weighted by Gasteiger charge is -2.52. The van der Waals surface area contributed by atoms with Crippen LogP contribution in [0.25, 0.3) is 21.9 Å². The van der Waals surface area contributed by atoms with E-state index in [4.69, 9.17) is 47.4 Å². The second-order valence-corrected chi connectivity index (χ2v) is 15.0. The van der Waals surface area contributed by atoms with Crippen molar-refractivity contribution in [3.63, 3.8) is 0 Å². The van der Waals surface area contributed by atoms with Crippen molar-refractivity contribution >= 4 is 69.5 Å². The molecule has 0 unspecified atom stereocenters. The number of carbonyl (C=O) groups excluding carboxylic acids is 3. The van der Waals surface area contributed by atoms with Gasteiger partial charge in [0, 0.05) is 50.4 Å². The molecule has 8 aliphatic rings. The summed E-state index contributed by atoms with van der Waals surface area (Å²) in [7, 11) is 0. The molecule has 2 aromatic heterocycles. The Labute approximate surface area is 296 Å². The molecule has 2 spiro atoms. The summed E-state index contributed by atoms with van der Waals surface area (Å²) in [5, 5.41) is 3.39. The number of nitrogens with two attached hydrogens (primary N) is 1. The number of carbonyl (C=O) groups is 1. The van der Waals surface area contributed by atoms with Crippen LogP contribution in [0, 0.1) is 17.8 Å². The largest absolute Gasteiger partial charge is 0.464 e. The molecule has 48 heavy (non-hydrogen) atoms. The maximum Gasteiger partial charge on any atom is 0.373 e. The van der Waals surface area contributed by atoms with E-state index in [0.717, 1.165) is 28.2 Å². The number of furan rings is 2. The molecule has 8 fully saturated rings. The van der Waals surface area contributed by atoms with Gasteiger partial charge in [-0.25, -0.2) is 0 Å². The number of hydrogen-bond acceptors (Lipinski definition) is 8. The van der Waals surface area contributed by atoms with Gasteiger partial charge >= 0.3 is 6.15 Å². The zero-order chi connectivity index (χ0) is 32.8. The third-order valence-electron chi connectivity index (χ3n) is 11.8. The Morgan fingerprint density at radius 1 is 0.792 bits per heavy atom. The minimum absolute atomic E-state index is 0. The van der Waals surface area contributed by atoms with Crippen LogP contribution >= 0.6 is 35.6 Å². The predicted molar refractivity (Wildman–Crippen MR) is 188 cm³/mol. The van der Waals surface area contributed by atoms with E-state index in [1.54, 1.807) is 18.4 Å². The van der Waals surface area contributed by atoms with Gasteiger partial charge in [0.1, 0.15) is 11.2 Å². The van der Waals surface area contributed by atoms with Crippen LogP contribution in [0.1, 0.15) is 68.3 Å².